The Morgan fingerprint density at radius 3 is 2.30 bits per heavy atom. The molecule has 1 rings (SSSR count). The number of benzene rings is 1. The fourth-order valence-corrected chi connectivity index (χ4v) is 2.38. The zero-order valence-electron chi connectivity index (χ0n) is 13.0. The molecule has 4 nitrogen and oxygen atoms in total. The van der Waals surface area contributed by atoms with Crippen LogP contribution >= 0.6 is 0 Å². The van der Waals surface area contributed by atoms with Crippen molar-refractivity contribution in [1.82, 2.24) is 9.80 Å². The monoisotopic (exact) mass is 276 g/mol. The first-order chi connectivity index (χ1) is 9.54. The van der Waals surface area contributed by atoms with Gasteiger partial charge in [0.05, 0.1) is 5.84 Å². The van der Waals surface area contributed by atoms with Crippen molar-refractivity contribution in [2.24, 2.45) is 5.73 Å². The molecular formula is C16H28N4. The average Bonchev–Trinajstić information content (AvgIpc) is 2.41. The number of nitrogens with zero attached hydrogens (tertiary/aromatic N) is 2. The summed E-state index contributed by atoms with van der Waals surface area (Å²) >= 11 is 0. The van der Waals surface area contributed by atoms with Crippen LogP contribution in [0.4, 0.5) is 0 Å². The minimum atomic E-state index is 0.202. The van der Waals surface area contributed by atoms with Crippen LogP contribution < -0.4 is 5.73 Å². The number of hydrogen-bond acceptors (Lipinski definition) is 3. The lowest BCUT2D eigenvalue weighted by Crippen LogP contribution is -2.37. The van der Waals surface area contributed by atoms with Crippen LogP contribution in [0.15, 0.2) is 30.3 Å². The Hall–Kier alpha value is -1.39. The Labute approximate surface area is 123 Å². The molecule has 0 aliphatic heterocycles. The predicted molar refractivity (Wildman–Crippen MR) is 86.1 cm³/mol. The fraction of sp³-hybridized carbons (Fsp3) is 0.562. The van der Waals surface area contributed by atoms with E-state index < -0.39 is 0 Å². The van der Waals surface area contributed by atoms with Gasteiger partial charge in [-0.3, -0.25) is 10.3 Å². The number of likely N-dealkylation sites (N-methyl/N-ethyl adjacent to an activating group) is 1. The van der Waals surface area contributed by atoms with Gasteiger partial charge in [-0.2, -0.15) is 0 Å². The maximum atomic E-state index is 7.66. The van der Waals surface area contributed by atoms with Crippen molar-refractivity contribution >= 4 is 5.84 Å². The molecule has 1 atom stereocenters. The summed E-state index contributed by atoms with van der Waals surface area (Å²) in [5.41, 5.74) is 6.91. The van der Waals surface area contributed by atoms with Crippen molar-refractivity contribution in [3.05, 3.63) is 35.9 Å². The van der Waals surface area contributed by atoms with Crippen LogP contribution in [-0.4, -0.2) is 49.4 Å². The molecule has 0 radical (unpaired) electrons. The smallest absolute Gasteiger partial charge is 0.0924 e. The molecule has 0 heterocycles. The first-order valence-corrected chi connectivity index (χ1v) is 7.31. The fourth-order valence-electron chi connectivity index (χ4n) is 2.38. The van der Waals surface area contributed by atoms with Crippen molar-refractivity contribution in [2.75, 3.05) is 33.7 Å². The van der Waals surface area contributed by atoms with Gasteiger partial charge < -0.3 is 10.6 Å². The third kappa shape index (κ3) is 5.72. The second-order valence-corrected chi connectivity index (χ2v) is 5.50. The standard InChI is InChI=1S/C16H28N4/c1-4-10-20(12-11-19(2)3)15(13-16(17)18)14-8-6-5-7-9-14/h5-9,15H,4,10-13H2,1-3H3,(H3,17,18). The summed E-state index contributed by atoms with van der Waals surface area (Å²) in [4.78, 5) is 4.63. The Morgan fingerprint density at radius 1 is 1.15 bits per heavy atom. The topological polar surface area (TPSA) is 56.4 Å². The van der Waals surface area contributed by atoms with Gasteiger partial charge in [0.1, 0.15) is 0 Å². The van der Waals surface area contributed by atoms with Gasteiger partial charge in [0.15, 0.2) is 0 Å². The maximum Gasteiger partial charge on any atom is 0.0924 e. The Kier molecular flexibility index (Phi) is 7.26. The van der Waals surface area contributed by atoms with Gasteiger partial charge in [0.25, 0.3) is 0 Å². The van der Waals surface area contributed by atoms with Gasteiger partial charge in [-0.25, -0.2) is 0 Å². The lowest BCUT2D eigenvalue weighted by atomic mass is 10.0. The summed E-state index contributed by atoms with van der Waals surface area (Å²) in [6.07, 6.45) is 1.70. The molecule has 20 heavy (non-hydrogen) atoms. The molecule has 0 aliphatic rings. The number of rotatable bonds is 9. The lowest BCUT2D eigenvalue weighted by molar-refractivity contribution is 0.182. The molecule has 1 unspecified atom stereocenters. The molecule has 0 fully saturated rings. The predicted octanol–water partition coefficient (Wildman–Crippen LogP) is 2.33. The average molecular weight is 276 g/mol. The summed E-state index contributed by atoms with van der Waals surface area (Å²) in [5.74, 6) is 0.254. The maximum absolute atomic E-state index is 7.66. The van der Waals surface area contributed by atoms with E-state index >= 15 is 0 Å². The van der Waals surface area contributed by atoms with Crippen LogP contribution in [0.1, 0.15) is 31.4 Å². The van der Waals surface area contributed by atoms with Gasteiger partial charge in [0.2, 0.25) is 0 Å². The van der Waals surface area contributed by atoms with Crippen molar-refractivity contribution in [2.45, 2.75) is 25.8 Å². The van der Waals surface area contributed by atoms with Crippen LogP contribution in [0.25, 0.3) is 0 Å². The van der Waals surface area contributed by atoms with Crippen LogP contribution in [0, 0.1) is 5.41 Å². The molecule has 0 saturated carbocycles. The van der Waals surface area contributed by atoms with E-state index in [9.17, 15) is 0 Å². The van der Waals surface area contributed by atoms with Gasteiger partial charge in [-0.15, -0.1) is 0 Å². The molecule has 0 aliphatic carbocycles. The molecule has 0 amide bonds. The van der Waals surface area contributed by atoms with E-state index in [1.54, 1.807) is 0 Å². The van der Waals surface area contributed by atoms with Crippen molar-refractivity contribution < 1.29 is 0 Å². The third-order valence-corrected chi connectivity index (χ3v) is 3.38. The molecule has 3 N–H and O–H groups in total. The molecule has 112 valence electrons. The summed E-state index contributed by atoms with van der Waals surface area (Å²) in [7, 11) is 4.18. The highest BCUT2D eigenvalue weighted by Gasteiger charge is 2.20. The SMILES string of the molecule is CCCN(CCN(C)C)C(CC(=N)N)c1ccccc1. The molecule has 1 aromatic carbocycles. The van der Waals surface area contributed by atoms with Crippen molar-refractivity contribution in [3.63, 3.8) is 0 Å². The van der Waals surface area contributed by atoms with Gasteiger partial charge >= 0.3 is 0 Å². The van der Waals surface area contributed by atoms with Crippen LogP contribution in [0.2, 0.25) is 0 Å². The molecule has 4 heteroatoms. The van der Waals surface area contributed by atoms with Crippen molar-refractivity contribution in [3.8, 4) is 0 Å². The molecule has 0 spiro atoms. The van der Waals surface area contributed by atoms with Crippen LogP contribution in [0.3, 0.4) is 0 Å². The summed E-state index contributed by atoms with van der Waals surface area (Å²) in [6.45, 7) is 5.23. The Morgan fingerprint density at radius 2 is 1.80 bits per heavy atom. The molecule has 0 saturated heterocycles. The van der Waals surface area contributed by atoms with E-state index in [2.05, 4.69) is 55.1 Å². The molecule has 1 aromatic rings. The van der Waals surface area contributed by atoms with Gasteiger partial charge in [-0.1, -0.05) is 37.3 Å². The highest BCUT2D eigenvalue weighted by molar-refractivity contribution is 5.77. The van der Waals surface area contributed by atoms with E-state index in [1.807, 2.05) is 6.07 Å². The highest BCUT2D eigenvalue weighted by Crippen LogP contribution is 2.24. The van der Waals surface area contributed by atoms with E-state index in [-0.39, 0.29) is 11.9 Å². The van der Waals surface area contributed by atoms with Crippen LogP contribution in [0.5, 0.6) is 0 Å². The first-order valence-electron chi connectivity index (χ1n) is 7.31. The largest absolute Gasteiger partial charge is 0.388 e. The minimum Gasteiger partial charge on any atom is -0.388 e. The summed E-state index contributed by atoms with van der Waals surface area (Å²) in [6, 6.07) is 10.6. The number of amidine groups is 1. The second-order valence-electron chi connectivity index (χ2n) is 5.50. The molecular weight excluding hydrogens is 248 g/mol. The van der Waals surface area contributed by atoms with Crippen LogP contribution in [-0.2, 0) is 0 Å². The Balaban J connectivity index is 2.89. The van der Waals surface area contributed by atoms with E-state index in [0.29, 0.717) is 6.42 Å². The summed E-state index contributed by atoms with van der Waals surface area (Å²) in [5, 5.41) is 7.66. The summed E-state index contributed by atoms with van der Waals surface area (Å²) < 4.78 is 0. The van der Waals surface area contributed by atoms with E-state index in [4.69, 9.17) is 11.1 Å². The number of hydrogen-bond donors (Lipinski definition) is 2. The second kappa shape index (κ2) is 8.72. The van der Waals surface area contributed by atoms with Crippen molar-refractivity contribution in [1.29, 1.82) is 5.41 Å². The molecule has 0 aromatic heterocycles. The quantitative estimate of drug-likeness (QED) is 0.537. The lowest BCUT2D eigenvalue weighted by Gasteiger charge is -2.32. The van der Waals surface area contributed by atoms with E-state index in [1.165, 1.54) is 5.56 Å². The number of nitrogens with two attached hydrogens (primary N) is 1. The van der Waals surface area contributed by atoms with E-state index in [0.717, 1.165) is 26.1 Å². The minimum absolute atomic E-state index is 0.202. The normalized spacial score (nSPS) is 12.8. The zero-order valence-corrected chi connectivity index (χ0v) is 13.0. The zero-order chi connectivity index (χ0) is 15.0. The van der Waals surface area contributed by atoms with Gasteiger partial charge in [-0.05, 0) is 32.6 Å². The Bertz CT molecular complexity index is 389. The van der Waals surface area contributed by atoms with Gasteiger partial charge in [0, 0.05) is 25.6 Å². The third-order valence-electron chi connectivity index (χ3n) is 3.38. The number of nitrogens with one attached hydrogen (secondary N) is 1. The highest BCUT2D eigenvalue weighted by atomic mass is 15.2. The first kappa shape index (κ1) is 16.7. The molecule has 0 bridgehead atoms.